The zero-order chi connectivity index (χ0) is 15.1. The van der Waals surface area contributed by atoms with E-state index in [1.807, 2.05) is 42.5 Å². The minimum Gasteiger partial charge on any atom is -0.396 e. The molecule has 0 aromatic heterocycles. The smallest absolute Gasteiger partial charge is 0.0453 e. The van der Waals surface area contributed by atoms with Crippen molar-refractivity contribution in [1.82, 2.24) is 5.32 Å². The molecule has 112 valence electrons. The lowest BCUT2D eigenvalue weighted by Crippen LogP contribution is -2.25. The van der Waals surface area contributed by atoms with Crippen LogP contribution in [-0.4, -0.2) is 11.7 Å². The SMILES string of the molecule is CC(NC(CCCO)c1ccccc1)c1ccccc1Cl. The second-order valence-electron chi connectivity index (χ2n) is 5.24. The van der Waals surface area contributed by atoms with Gasteiger partial charge in [0.1, 0.15) is 0 Å². The van der Waals surface area contributed by atoms with Crippen LogP contribution >= 0.6 is 11.6 Å². The van der Waals surface area contributed by atoms with Crippen LogP contribution in [0.2, 0.25) is 5.02 Å². The molecule has 2 aromatic rings. The Morgan fingerprint density at radius 2 is 1.71 bits per heavy atom. The Hall–Kier alpha value is -1.35. The van der Waals surface area contributed by atoms with E-state index < -0.39 is 0 Å². The Balaban J connectivity index is 2.13. The third kappa shape index (κ3) is 4.57. The van der Waals surface area contributed by atoms with E-state index in [9.17, 15) is 0 Å². The van der Waals surface area contributed by atoms with Gasteiger partial charge in [0.15, 0.2) is 0 Å². The molecule has 3 heteroatoms. The molecule has 0 fully saturated rings. The summed E-state index contributed by atoms with van der Waals surface area (Å²) in [4.78, 5) is 0. The summed E-state index contributed by atoms with van der Waals surface area (Å²) in [5, 5.41) is 13.5. The van der Waals surface area contributed by atoms with Gasteiger partial charge in [0.05, 0.1) is 0 Å². The fourth-order valence-electron chi connectivity index (χ4n) is 2.54. The maximum Gasteiger partial charge on any atom is 0.0453 e. The van der Waals surface area contributed by atoms with Crippen LogP contribution in [0.15, 0.2) is 54.6 Å². The number of aliphatic hydroxyl groups excluding tert-OH is 1. The maximum atomic E-state index is 9.11. The van der Waals surface area contributed by atoms with E-state index in [0.717, 1.165) is 23.4 Å². The molecule has 0 saturated carbocycles. The minimum absolute atomic E-state index is 0.155. The summed E-state index contributed by atoms with van der Waals surface area (Å²) in [5.41, 5.74) is 2.34. The molecule has 2 nitrogen and oxygen atoms in total. The average molecular weight is 304 g/mol. The second-order valence-corrected chi connectivity index (χ2v) is 5.65. The lowest BCUT2D eigenvalue weighted by Gasteiger charge is -2.24. The van der Waals surface area contributed by atoms with Crippen LogP contribution in [0, 0.1) is 0 Å². The van der Waals surface area contributed by atoms with Gasteiger partial charge in [-0.2, -0.15) is 0 Å². The molecule has 0 radical (unpaired) electrons. The summed E-state index contributed by atoms with van der Waals surface area (Å²) in [6.45, 7) is 2.33. The lowest BCUT2D eigenvalue weighted by molar-refractivity contribution is 0.272. The molecule has 0 heterocycles. The molecule has 2 aromatic carbocycles. The second kappa shape index (κ2) is 8.18. The van der Waals surface area contributed by atoms with Crippen LogP contribution < -0.4 is 5.32 Å². The Morgan fingerprint density at radius 3 is 2.38 bits per heavy atom. The number of halogens is 1. The van der Waals surface area contributed by atoms with Crippen molar-refractivity contribution in [3.63, 3.8) is 0 Å². The van der Waals surface area contributed by atoms with Crippen molar-refractivity contribution in [2.24, 2.45) is 0 Å². The van der Waals surface area contributed by atoms with Gasteiger partial charge in [-0.05, 0) is 37.0 Å². The molecule has 0 spiro atoms. The van der Waals surface area contributed by atoms with E-state index in [1.165, 1.54) is 5.56 Å². The topological polar surface area (TPSA) is 32.3 Å². The maximum absolute atomic E-state index is 9.11. The zero-order valence-electron chi connectivity index (χ0n) is 12.3. The standard InChI is InChI=1S/C18H22ClNO/c1-14(16-10-5-6-11-17(16)19)20-18(12-7-13-21)15-8-3-2-4-9-15/h2-6,8-11,14,18,20-21H,7,12-13H2,1H3. The van der Waals surface area contributed by atoms with Crippen molar-refractivity contribution in [1.29, 1.82) is 0 Å². The minimum atomic E-state index is 0.155. The number of nitrogens with one attached hydrogen (secondary N) is 1. The molecule has 0 bridgehead atoms. The highest BCUT2D eigenvalue weighted by Crippen LogP contribution is 2.27. The number of hydrogen-bond acceptors (Lipinski definition) is 2. The average Bonchev–Trinajstić information content (AvgIpc) is 2.52. The summed E-state index contributed by atoms with van der Waals surface area (Å²) in [6, 6.07) is 18.6. The Labute approximate surface area is 131 Å². The fraction of sp³-hybridized carbons (Fsp3) is 0.333. The van der Waals surface area contributed by atoms with Gasteiger partial charge in [0.25, 0.3) is 0 Å². The first-order valence-electron chi connectivity index (χ1n) is 7.38. The molecule has 2 N–H and O–H groups in total. The molecule has 0 aliphatic heterocycles. The van der Waals surface area contributed by atoms with Gasteiger partial charge in [0, 0.05) is 23.7 Å². The molecule has 0 aliphatic rings. The molecule has 2 rings (SSSR count). The molecular formula is C18H22ClNO. The summed E-state index contributed by atoms with van der Waals surface area (Å²) in [7, 11) is 0. The largest absolute Gasteiger partial charge is 0.396 e. The third-order valence-electron chi connectivity index (χ3n) is 3.68. The number of benzene rings is 2. The van der Waals surface area contributed by atoms with Crippen LogP contribution in [0.5, 0.6) is 0 Å². The van der Waals surface area contributed by atoms with E-state index in [-0.39, 0.29) is 18.7 Å². The third-order valence-corrected chi connectivity index (χ3v) is 4.02. The first-order chi connectivity index (χ1) is 10.2. The summed E-state index contributed by atoms with van der Waals surface area (Å²) in [6.07, 6.45) is 1.68. The van der Waals surface area contributed by atoms with Gasteiger partial charge in [-0.15, -0.1) is 0 Å². The van der Waals surface area contributed by atoms with Crippen LogP contribution in [0.4, 0.5) is 0 Å². The molecule has 0 amide bonds. The van der Waals surface area contributed by atoms with E-state index >= 15 is 0 Å². The predicted octanol–water partition coefficient (Wildman–Crippen LogP) is 4.50. The highest BCUT2D eigenvalue weighted by Gasteiger charge is 2.16. The van der Waals surface area contributed by atoms with Gasteiger partial charge in [-0.3, -0.25) is 0 Å². The molecule has 2 unspecified atom stereocenters. The van der Waals surface area contributed by atoms with E-state index in [2.05, 4.69) is 24.4 Å². The van der Waals surface area contributed by atoms with Crippen molar-refractivity contribution in [3.8, 4) is 0 Å². The first-order valence-corrected chi connectivity index (χ1v) is 7.76. The van der Waals surface area contributed by atoms with Crippen LogP contribution in [0.25, 0.3) is 0 Å². The van der Waals surface area contributed by atoms with Crippen molar-refractivity contribution in [3.05, 3.63) is 70.7 Å². The van der Waals surface area contributed by atoms with E-state index in [4.69, 9.17) is 16.7 Å². The quantitative estimate of drug-likeness (QED) is 0.789. The normalized spacial score (nSPS) is 13.9. The Bertz CT molecular complexity index is 544. The van der Waals surface area contributed by atoms with Gasteiger partial charge in [-0.25, -0.2) is 0 Å². The van der Waals surface area contributed by atoms with E-state index in [1.54, 1.807) is 0 Å². The van der Waals surface area contributed by atoms with Gasteiger partial charge in [0.2, 0.25) is 0 Å². The van der Waals surface area contributed by atoms with Crippen molar-refractivity contribution < 1.29 is 5.11 Å². The predicted molar refractivity (Wildman–Crippen MR) is 88.5 cm³/mol. The highest BCUT2D eigenvalue weighted by molar-refractivity contribution is 6.31. The van der Waals surface area contributed by atoms with Gasteiger partial charge < -0.3 is 10.4 Å². The lowest BCUT2D eigenvalue weighted by atomic mass is 9.99. The molecule has 21 heavy (non-hydrogen) atoms. The van der Waals surface area contributed by atoms with Crippen molar-refractivity contribution in [2.45, 2.75) is 31.8 Å². The van der Waals surface area contributed by atoms with Gasteiger partial charge >= 0.3 is 0 Å². The monoisotopic (exact) mass is 303 g/mol. The van der Waals surface area contributed by atoms with Crippen LogP contribution in [0.1, 0.15) is 43.0 Å². The van der Waals surface area contributed by atoms with Crippen LogP contribution in [-0.2, 0) is 0 Å². The summed E-state index contributed by atoms with van der Waals surface area (Å²) >= 11 is 6.27. The number of aliphatic hydroxyl groups is 1. The van der Waals surface area contributed by atoms with Gasteiger partial charge in [-0.1, -0.05) is 60.1 Å². The zero-order valence-corrected chi connectivity index (χ0v) is 13.1. The first kappa shape index (κ1) is 16.0. The fourth-order valence-corrected chi connectivity index (χ4v) is 2.84. The summed E-state index contributed by atoms with van der Waals surface area (Å²) in [5.74, 6) is 0. The Kier molecular flexibility index (Phi) is 6.24. The number of hydrogen-bond donors (Lipinski definition) is 2. The Morgan fingerprint density at radius 1 is 1.05 bits per heavy atom. The molecule has 2 atom stereocenters. The molecule has 0 aliphatic carbocycles. The highest BCUT2D eigenvalue weighted by atomic mass is 35.5. The van der Waals surface area contributed by atoms with E-state index in [0.29, 0.717) is 0 Å². The van der Waals surface area contributed by atoms with Crippen LogP contribution in [0.3, 0.4) is 0 Å². The molecule has 0 saturated heterocycles. The van der Waals surface area contributed by atoms with Crippen molar-refractivity contribution in [2.75, 3.05) is 6.61 Å². The summed E-state index contributed by atoms with van der Waals surface area (Å²) < 4.78 is 0. The number of rotatable bonds is 7. The van der Waals surface area contributed by atoms with Crippen molar-refractivity contribution >= 4 is 11.6 Å². The molecular weight excluding hydrogens is 282 g/mol.